The molecule has 1 unspecified atom stereocenters. The van der Waals surface area contributed by atoms with Crippen molar-refractivity contribution in [1.29, 1.82) is 0 Å². The topological polar surface area (TPSA) is 106 Å². The molecule has 2 saturated heterocycles. The van der Waals surface area contributed by atoms with Gasteiger partial charge in [0.2, 0.25) is 0 Å². The molecule has 5 atom stereocenters. The van der Waals surface area contributed by atoms with E-state index in [0.717, 1.165) is 25.7 Å². The van der Waals surface area contributed by atoms with Crippen molar-refractivity contribution in [3.8, 4) is 0 Å². The Morgan fingerprint density at radius 2 is 1.26 bits per heavy atom. The molecule has 0 aromatic rings. The number of hydrogen-bond donors (Lipinski definition) is 1. The number of carbonyl (C=O) groups excluding carboxylic acids is 1. The Kier molecular flexibility index (Phi) is 18.8. The van der Waals surface area contributed by atoms with Crippen molar-refractivity contribution in [2.45, 2.75) is 135 Å². The summed E-state index contributed by atoms with van der Waals surface area (Å²) in [5, 5.41) is 2.86. The molecule has 1 N–H and O–H groups in total. The lowest BCUT2D eigenvalue weighted by Gasteiger charge is -2.31. The van der Waals surface area contributed by atoms with Crippen LogP contribution in [0.15, 0.2) is 0 Å². The van der Waals surface area contributed by atoms with Gasteiger partial charge < -0.3 is 33.2 Å². The van der Waals surface area contributed by atoms with Crippen LogP contribution in [0.2, 0.25) is 0 Å². The molecule has 248 valence electrons. The highest BCUT2D eigenvalue weighted by Crippen LogP contribution is 2.47. The number of phosphoric acid groups is 1. The van der Waals surface area contributed by atoms with Crippen LogP contribution in [-0.4, -0.2) is 76.8 Å². The van der Waals surface area contributed by atoms with Gasteiger partial charge in [0.05, 0.1) is 46.6 Å². The molecule has 2 bridgehead atoms. The number of quaternary nitrogens is 1. The zero-order chi connectivity index (χ0) is 30.7. The van der Waals surface area contributed by atoms with E-state index in [1.54, 1.807) is 0 Å². The maximum Gasteiger partial charge on any atom is 0.407 e. The predicted octanol–water partition coefficient (Wildman–Crippen LogP) is 6.98. The Morgan fingerprint density at radius 1 is 0.786 bits per heavy atom. The molecule has 2 aliphatic heterocycles. The van der Waals surface area contributed by atoms with Gasteiger partial charge in [-0.3, -0.25) is 4.57 Å². The second-order valence-electron chi connectivity index (χ2n) is 13.5. The summed E-state index contributed by atoms with van der Waals surface area (Å²) in [5.41, 5.74) is 0. The third-order valence-corrected chi connectivity index (χ3v) is 9.70. The van der Waals surface area contributed by atoms with Gasteiger partial charge in [0, 0.05) is 18.4 Å². The Hall–Kier alpha value is -0.700. The fraction of sp³-hybridized carbons (Fsp3) is 0.969. The van der Waals surface area contributed by atoms with Crippen molar-refractivity contribution < 1.29 is 37.3 Å². The highest BCUT2D eigenvalue weighted by atomic mass is 31.2. The van der Waals surface area contributed by atoms with Crippen molar-refractivity contribution in [2.75, 3.05) is 54.1 Å². The van der Waals surface area contributed by atoms with E-state index in [4.69, 9.17) is 18.5 Å². The van der Waals surface area contributed by atoms with Crippen LogP contribution >= 0.6 is 7.82 Å². The van der Waals surface area contributed by atoms with E-state index in [9.17, 15) is 14.3 Å². The minimum atomic E-state index is -4.40. The van der Waals surface area contributed by atoms with E-state index < -0.39 is 13.9 Å². The van der Waals surface area contributed by atoms with E-state index in [-0.39, 0.29) is 43.9 Å². The lowest BCUT2D eigenvalue weighted by molar-refractivity contribution is -0.870. The molecule has 42 heavy (non-hydrogen) atoms. The highest BCUT2D eigenvalue weighted by molar-refractivity contribution is 7.45. The maximum atomic E-state index is 12.3. The lowest BCUT2D eigenvalue weighted by Crippen LogP contribution is -2.38. The molecule has 1 amide bonds. The van der Waals surface area contributed by atoms with Crippen molar-refractivity contribution in [2.24, 2.45) is 11.8 Å². The summed E-state index contributed by atoms with van der Waals surface area (Å²) < 4.78 is 34.6. The minimum absolute atomic E-state index is 0.0127. The highest BCUT2D eigenvalue weighted by Gasteiger charge is 2.49. The van der Waals surface area contributed by atoms with Crippen LogP contribution in [0.1, 0.15) is 122 Å². The maximum absolute atomic E-state index is 12.3. The largest absolute Gasteiger partial charge is 0.756 e. The second-order valence-corrected chi connectivity index (χ2v) is 14.9. The number of carbonyl (C=O) groups is 1. The van der Waals surface area contributed by atoms with E-state index >= 15 is 0 Å². The van der Waals surface area contributed by atoms with Gasteiger partial charge in [-0.1, -0.05) is 103 Å². The summed E-state index contributed by atoms with van der Waals surface area (Å²) in [6.45, 7) is 3.70. The number of hydrogen-bond acceptors (Lipinski definition) is 7. The van der Waals surface area contributed by atoms with Crippen LogP contribution in [0, 0.1) is 11.8 Å². The molecule has 0 aliphatic carbocycles. The average molecular weight is 619 g/mol. The van der Waals surface area contributed by atoms with Crippen LogP contribution in [0.5, 0.6) is 0 Å². The van der Waals surface area contributed by atoms with Crippen LogP contribution < -0.4 is 10.2 Å². The first-order chi connectivity index (χ1) is 20.1. The number of ether oxygens (including phenoxy) is 2. The molecule has 2 fully saturated rings. The summed E-state index contributed by atoms with van der Waals surface area (Å²) in [5.74, 6) is -0.211. The monoisotopic (exact) mass is 618 g/mol. The summed E-state index contributed by atoms with van der Waals surface area (Å²) in [6, 6.07) is 0. The van der Waals surface area contributed by atoms with E-state index in [0.29, 0.717) is 17.6 Å². The Morgan fingerprint density at radius 3 is 1.76 bits per heavy atom. The van der Waals surface area contributed by atoms with Gasteiger partial charge >= 0.3 is 6.09 Å². The molecule has 2 heterocycles. The van der Waals surface area contributed by atoms with E-state index in [1.807, 2.05) is 21.1 Å². The van der Waals surface area contributed by atoms with Gasteiger partial charge in [-0.2, -0.15) is 0 Å². The van der Waals surface area contributed by atoms with Crippen LogP contribution in [-0.2, 0) is 23.1 Å². The molecular formula is C32H63N2O7P. The zero-order valence-electron chi connectivity index (χ0n) is 27.3. The van der Waals surface area contributed by atoms with Gasteiger partial charge in [0.15, 0.2) is 0 Å². The summed E-state index contributed by atoms with van der Waals surface area (Å²) in [6.07, 6.45) is 22.4. The Balaban J connectivity index is 1.46. The first-order valence-electron chi connectivity index (χ1n) is 17.1. The fourth-order valence-corrected chi connectivity index (χ4v) is 6.79. The van der Waals surface area contributed by atoms with Gasteiger partial charge in [0.25, 0.3) is 7.82 Å². The number of unbranched alkanes of at least 4 members (excludes halogenated alkanes) is 15. The van der Waals surface area contributed by atoms with Crippen LogP contribution in [0.25, 0.3) is 0 Å². The molecule has 2 rings (SSSR count). The van der Waals surface area contributed by atoms with Crippen molar-refractivity contribution >= 4 is 13.9 Å². The number of nitrogens with one attached hydrogen (secondary N) is 1. The molecule has 0 radical (unpaired) electrons. The lowest BCUT2D eigenvalue weighted by atomic mass is 9.80. The van der Waals surface area contributed by atoms with Crippen molar-refractivity contribution in [3.05, 3.63) is 0 Å². The van der Waals surface area contributed by atoms with Crippen molar-refractivity contribution in [3.63, 3.8) is 0 Å². The number of likely N-dealkylation sites (N-methyl/N-ethyl adjacent to an activating group) is 1. The molecule has 0 aromatic heterocycles. The normalized spacial score (nSPS) is 23.3. The summed E-state index contributed by atoms with van der Waals surface area (Å²) in [4.78, 5) is 24.5. The SMILES string of the molecule is CCCCCCCCCCCCCCCCCCNC(=O)OC[C@@H]1[C@@H](COP(=O)([O-])OCC[N+](C)(C)C)[C@@H]2CC[C@H]1O2. The molecule has 10 heteroatoms. The summed E-state index contributed by atoms with van der Waals surface area (Å²) in [7, 11) is 1.50. The van der Waals surface area contributed by atoms with Crippen molar-refractivity contribution in [1.82, 2.24) is 5.32 Å². The fourth-order valence-electron chi connectivity index (χ4n) is 6.06. The van der Waals surface area contributed by atoms with E-state index in [1.165, 1.54) is 89.9 Å². The number of alkyl carbamates (subject to hydrolysis) is 1. The minimum Gasteiger partial charge on any atom is -0.756 e. The number of amides is 1. The predicted molar refractivity (Wildman–Crippen MR) is 166 cm³/mol. The van der Waals surface area contributed by atoms with Crippen LogP contribution in [0.3, 0.4) is 0 Å². The Labute approximate surface area is 257 Å². The number of rotatable bonds is 26. The molecule has 0 spiro atoms. The molecule has 2 aliphatic rings. The first kappa shape index (κ1) is 37.5. The zero-order valence-corrected chi connectivity index (χ0v) is 28.2. The van der Waals surface area contributed by atoms with Crippen LogP contribution in [0.4, 0.5) is 4.79 Å². The standard InChI is InChI=1S/C32H63N2O7P/c1-5-6-7-8-9-10-11-12-13-14-15-16-17-18-19-20-23-33-32(35)38-26-28-29(31-22-21-30(28)41-31)27-40-42(36,37)39-25-24-34(2,3)4/h28-31H,5-27H2,1-4H3,(H-,33,35,36,37)/t28-,29-,30-,31+/m1/s1. The molecular weight excluding hydrogens is 555 g/mol. The number of nitrogens with zero attached hydrogens (tertiary/aromatic N) is 1. The summed E-state index contributed by atoms with van der Waals surface area (Å²) >= 11 is 0. The van der Waals surface area contributed by atoms with Gasteiger partial charge in [-0.15, -0.1) is 0 Å². The molecule has 0 saturated carbocycles. The van der Waals surface area contributed by atoms with Gasteiger partial charge in [-0.05, 0) is 19.3 Å². The third-order valence-electron chi connectivity index (χ3n) is 8.73. The quantitative estimate of drug-likeness (QED) is 0.0634. The average Bonchev–Trinajstić information content (AvgIpc) is 3.53. The first-order valence-corrected chi connectivity index (χ1v) is 18.5. The smallest absolute Gasteiger partial charge is 0.407 e. The second kappa shape index (κ2) is 21.1. The molecule has 9 nitrogen and oxygen atoms in total. The van der Waals surface area contributed by atoms with E-state index in [2.05, 4.69) is 12.2 Å². The third kappa shape index (κ3) is 17.0. The molecule has 0 aromatic carbocycles. The Bertz CT molecular complexity index is 764. The number of fused-ring (bicyclic) bond motifs is 2. The van der Waals surface area contributed by atoms with Gasteiger partial charge in [0.1, 0.15) is 13.2 Å². The number of phosphoric ester groups is 1. The van der Waals surface area contributed by atoms with Gasteiger partial charge in [-0.25, -0.2) is 4.79 Å².